The highest BCUT2D eigenvalue weighted by atomic mass is 16.5. The molecule has 1 fully saturated rings. The Morgan fingerprint density at radius 3 is 2.38 bits per heavy atom. The molecule has 2 heteroatoms. The summed E-state index contributed by atoms with van der Waals surface area (Å²) in [6.07, 6.45) is 7.26. The van der Waals surface area contributed by atoms with E-state index in [1.54, 1.807) is 0 Å². The summed E-state index contributed by atoms with van der Waals surface area (Å²) >= 11 is 0. The fourth-order valence-corrected chi connectivity index (χ4v) is 2.12. The van der Waals surface area contributed by atoms with Gasteiger partial charge in [0.1, 0.15) is 0 Å². The van der Waals surface area contributed by atoms with Crippen molar-refractivity contribution >= 4 is 0 Å². The van der Waals surface area contributed by atoms with E-state index < -0.39 is 0 Å². The second-order valence-electron chi connectivity index (χ2n) is 4.28. The van der Waals surface area contributed by atoms with Crippen molar-refractivity contribution in [3.05, 3.63) is 0 Å². The topological polar surface area (TPSA) is 29.5 Å². The monoisotopic (exact) mass is 186 g/mol. The number of hydrogen-bond donors (Lipinski definition) is 1. The Hall–Kier alpha value is -0.0800. The first-order valence-electron chi connectivity index (χ1n) is 5.51. The van der Waals surface area contributed by atoms with Gasteiger partial charge < -0.3 is 9.84 Å². The van der Waals surface area contributed by atoms with Crippen molar-refractivity contribution in [1.29, 1.82) is 0 Å². The normalized spacial score (nSPS) is 19.8. The van der Waals surface area contributed by atoms with Crippen LogP contribution >= 0.6 is 0 Å². The van der Waals surface area contributed by atoms with Crippen LogP contribution < -0.4 is 0 Å². The molecule has 13 heavy (non-hydrogen) atoms. The van der Waals surface area contributed by atoms with E-state index in [4.69, 9.17) is 9.84 Å². The lowest BCUT2D eigenvalue weighted by atomic mass is 9.77. The molecular weight excluding hydrogens is 164 g/mol. The van der Waals surface area contributed by atoms with E-state index in [1.165, 1.54) is 32.1 Å². The summed E-state index contributed by atoms with van der Waals surface area (Å²) in [5.41, 5.74) is 0.518. The molecule has 0 aromatic carbocycles. The smallest absolute Gasteiger partial charge is 0.0544 e. The first-order chi connectivity index (χ1) is 6.33. The molecular formula is C11H22O2. The quantitative estimate of drug-likeness (QED) is 0.618. The van der Waals surface area contributed by atoms with Gasteiger partial charge in [0.05, 0.1) is 13.2 Å². The Bertz CT molecular complexity index is 130. The minimum Gasteiger partial charge on any atom is -0.396 e. The number of rotatable bonds is 7. The predicted octanol–water partition coefficient (Wildman–Crippen LogP) is 2.36. The molecule has 1 aliphatic rings. The molecule has 0 radical (unpaired) electrons. The van der Waals surface area contributed by atoms with Gasteiger partial charge in [-0.3, -0.25) is 0 Å². The zero-order chi connectivity index (χ0) is 9.57. The summed E-state index contributed by atoms with van der Waals surface area (Å²) in [5, 5.41) is 8.65. The summed E-state index contributed by atoms with van der Waals surface area (Å²) in [5.74, 6) is 0. The van der Waals surface area contributed by atoms with Gasteiger partial charge >= 0.3 is 0 Å². The fourth-order valence-electron chi connectivity index (χ4n) is 2.12. The Balaban J connectivity index is 2.09. The van der Waals surface area contributed by atoms with E-state index in [0.29, 0.717) is 12.0 Å². The second kappa shape index (κ2) is 5.61. The molecule has 0 aromatic heterocycles. The van der Waals surface area contributed by atoms with Crippen LogP contribution in [0.4, 0.5) is 0 Å². The molecule has 0 atom stereocenters. The molecule has 1 rings (SSSR count). The van der Waals surface area contributed by atoms with Gasteiger partial charge in [-0.1, -0.05) is 26.2 Å². The number of unbranched alkanes of at least 4 members (excludes halogenated alkanes) is 2. The molecule has 0 aromatic rings. The number of hydrogen-bond acceptors (Lipinski definition) is 2. The van der Waals surface area contributed by atoms with Crippen molar-refractivity contribution in [3.8, 4) is 0 Å². The summed E-state index contributed by atoms with van der Waals surface area (Å²) in [7, 11) is 0. The molecule has 1 heterocycles. The zero-order valence-electron chi connectivity index (χ0n) is 8.72. The van der Waals surface area contributed by atoms with Crippen molar-refractivity contribution in [2.24, 2.45) is 5.41 Å². The lowest BCUT2D eigenvalue weighted by molar-refractivity contribution is -0.123. The summed E-state index contributed by atoms with van der Waals surface area (Å²) in [6, 6.07) is 0. The molecule has 78 valence electrons. The van der Waals surface area contributed by atoms with E-state index in [0.717, 1.165) is 19.6 Å². The average molecular weight is 186 g/mol. The average Bonchev–Trinajstić information content (AvgIpc) is 2.08. The van der Waals surface area contributed by atoms with Gasteiger partial charge in [0.15, 0.2) is 0 Å². The standard InChI is InChI=1S/C11H22O2/c1-2-6-11(9-13-10-11)7-4-3-5-8-12/h12H,2-10H2,1H3. The molecule has 1 aliphatic heterocycles. The van der Waals surface area contributed by atoms with Gasteiger partial charge in [-0.15, -0.1) is 0 Å². The van der Waals surface area contributed by atoms with Crippen molar-refractivity contribution in [3.63, 3.8) is 0 Å². The third-order valence-corrected chi connectivity index (χ3v) is 2.96. The van der Waals surface area contributed by atoms with Crippen LogP contribution in [0.25, 0.3) is 0 Å². The highest BCUT2D eigenvalue weighted by Gasteiger charge is 2.36. The molecule has 1 N–H and O–H groups in total. The SMILES string of the molecule is CCCC1(CCCCCO)COC1. The van der Waals surface area contributed by atoms with Crippen molar-refractivity contribution in [2.45, 2.75) is 45.4 Å². The van der Waals surface area contributed by atoms with Crippen molar-refractivity contribution < 1.29 is 9.84 Å². The highest BCUT2D eigenvalue weighted by molar-refractivity contribution is 4.84. The molecule has 0 amide bonds. The molecule has 0 unspecified atom stereocenters. The van der Waals surface area contributed by atoms with Crippen LogP contribution in [0.1, 0.15) is 45.4 Å². The Kier molecular flexibility index (Phi) is 4.74. The van der Waals surface area contributed by atoms with Crippen molar-refractivity contribution in [2.75, 3.05) is 19.8 Å². The summed E-state index contributed by atoms with van der Waals surface area (Å²) in [4.78, 5) is 0. The third-order valence-electron chi connectivity index (χ3n) is 2.96. The van der Waals surface area contributed by atoms with Crippen LogP contribution in [0.5, 0.6) is 0 Å². The minimum absolute atomic E-state index is 0.345. The van der Waals surface area contributed by atoms with Gasteiger partial charge in [0.2, 0.25) is 0 Å². The molecule has 0 bridgehead atoms. The van der Waals surface area contributed by atoms with Gasteiger partial charge in [-0.2, -0.15) is 0 Å². The fraction of sp³-hybridized carbons (Fsp3) is 1.00. The molecule has 0 saturated carbocycles. The lowest BCUT2D eigenvalue weighted by Crippen LogP contribution is -2.42. The largest absolute Gasteiger partial charge is 0.396 e. The highest BCUT2D eigenvalue weighted by Crippen LogP contribution is 2.37. The summed E-state index contributed by atoms with van der Waals surface area (Å²) in [6.45, 7) is 4.53. The molecule has 0 spiro atoms. The number of aliphatic hydroxyl groups excluding tert-OH is 1. The van der Waals surface area contributed by atoms with Gasteiger partial charge in [0, 0.05) is 12.0 Å². The molecule has 1 saturated heterocycles. The summed E-state index contributed by atoms with van der Waals surface area (Å²) < 4.78 is 5.30. The van der Waals surface area contributed by atoms with E-state index in [2.05, 4.69) is 6.92 Å². The third kappa shape index (κ3) is 3.28. The second-order valence-corrected chi connectivity index (χ2v) is 4.28. The van der Waals surface area contributed by atoms with E-state index >= 15 is 0 Å². The molecule has 0 aliphatic carbocycles. The van der Waals surface area contributed by atoms with Crippen LogP contribution in [-0.2, 0) is 4.74 Å². The Morgan fingerprint density at radius 2 is 1.92 bits per heavy atom. The van der Waals surface area contributed by atoms with Crippen LogP contribution in [0.15, 0.2) is 0 Å². The van der Waals surface area contributed by atoms with E-state index in [9.17, 15) is 0 Å². The van der Waals surface area contributed by atoms with Crippen molar-refractivity contribution in [1.82, 2.24) is 0 Å². The minimum atomic E-state index is 0.345. The molecule has 2 nitrogen and oxygen atoms in total. The maximum absolute atomic E-state index is 8.65. The van der Waals surface area contributed by atoms with Crippen LogP contribution in [-0.4, -0.2) is 24.9 Å². The van der Waals surface area contributed by atoms with Crippen LogP contribution in [0, 0.1) is 5.41 Å². The Labute approximate surface area is 81.3 Å². The predicted molar refractivity (Wildman–Crippen MR) is 53.7 cm³/mol. The maximum Gasteiger partial charge on any atom is 0.0544 e. The Morgan fingerprint density at radius 1 is 1.15 bits per heavy atom. The number of ether oxygens (including phenoxy) is 1. The first-order valence-corrected chi connectivity index (χ1v) is 5.51. The van der Waals surface area contributed by atoms with E-state index in [1.807, 2.05) is 0 Å². The first kappa shape index (κ1) is 11.0. The maximum atomic E-state index is 8.65. The van der Waals surface area contributed by atoms with Crippen LogP contribution in [0.2, 0.25) is 0 Å². The lowest BCUT2D eigenvalue weighted by Gasteiger charge is -2.41. The van der Waals surface area contributed by atoms with E-state index in [-0.39, 0.29) is 0 Å². The van der Waals surface area contributed by atoms with Gasteiger partial charge in [0.25, 0.3) is 0 Å². The van der Waals surface area contributed by atoms with Gasteiger partial charge in [-0.25, -0.2) is 0 Å². The van der Waals surface area contributed by atoms with Crippen LogP contribution in [0.3, 0.4) is 0 Å². The zero-order valence-corrected chi connectivity index (χ0v) is 8.72. The number of aliphatic hydroxyl groups is 1. The van der Waals surface area contributed by atoms with Gasteiger partial charge in [-0.05, 0) is 19.3 Å².